The summed E-state index contributed by atoms with van der Waals surface area (Å²) in [4.78, 5) is 5.25. The molecule has 13 rings (SSSR count). The van der Waals surface area contributed by atoms with Gasteiger partial charge in [-0.2, -0.15) is 0 Å². The summed E-state index contributed by atoms with van der Waals surface area (Å²) in [5.41, 5.74) is 14.8. The Labute approximate surface area is 377 Å². The number of fused-ring (bicyclic) bond motifs is 8. The second-order valence-electron chi connectivity index (χ2n) is 17.0. The molecule has 0 saturated carbocycles. The van der Waals surface area contributed by atoms with Gasteiger partial charge in [-0.1, -0.05) is 200 Å². The van der Waals surface area contributed by atoms with Crippen LogP contribution >= 0.6 is 0 Å². The van der Waals surface area contributed by atoms with Crippen LogP contribution in [0.2, 0.25) is 0 Å². The van der Waals surface area contributed by atoms with Gasteiger partial charge in [0.15, 0.2) is 23.0 Å². The number of benzene rings is 10. The normalized spacial score (nSPS) is 13.0. The zero-order valence-corrected chi connectivity index (χ0v) is 35.3. The van der Waals surface area contributed by atoms with E-state index in [2.05, 4.69) is 218 Å². The second kappa shape index (κ2) is 14.8. The van der Waals surface area contributed by atoms with Gasteiger partial charge in [-0.25, -0.2) is 4.98 Å². The fourth-order valence-electron chi connectivity index (χ4n) is 10.4. The second-order valence-corrected chi connectivity index (χ2v) is 17.0. The predicted octanol–water partition coefficient (Wildman–Crippen LogP) is 16.3. The van der Waals surface area contributed by atoms with Crippen molar-refractivity contribution in [3.8, 4) is 78.9 Å². The van der Waals surface area contributed by atoms with E-state index in [-0.39, 0.29) is 0 Å². The van der Waals surface area contributed by atoms with Crippen LogP contribution in [0.1, 0.15) is 22.3 Å². The zero-order valence-electron chi connectivity index (χ0n) is 35.3. The Morgan fingerprint density at radius 3 is 1.66 bits per heavy atom. The third-order valence-electron chi connectivity index (χ3n) is 13.4. The maximum atomic E-state index is 7.01. The van der Waals surface area contributed by atoms with E-state index in [4.69, 9.17) is 14.5 Å². The summed E-state index contributed by atoms with van der Waals surface area (Å²) in [5, 5.41) is 4.98. The van der Waals surface area contributed by atoms with Crippen molar-refractivity contribution in [1.82, 2.24) is 4.98 Å². The van der Waals surface area contributed by atoms with E-state index in [1.807, 2.05) is 18.2 Å². The van der Waals surface area contributed by atoms with Crippen LogP contribution in [-0.4, -0.2) is 4.98 Å². The summed E-state index contributed by atoms with van der Waals surface area (Å²) in [5.74, 6) is 2.79. The predicted molar refractivity (Wildman–Crippen MR) is 265 cm³/mol. The van der Waals surface area contributed by atoms with Gasteiger partial charge in [-0.05, 0) is 108 Å². The lowest BCUT2D eigenvalue weighted by Gasteiger charge is -2.34. The van der Waals surface area contributed by atoms with Crippen molar-refractivity contribution in [1.29, 1.82) is 0 Å². The van der Waals surface area contributed by atoms with E-state index in [0.717, 1.165) is 50.3 Å². The summed E-state index contributed by atoms with van der Waals surface area (Å²) in [6, 6.07) is 84.3. The molecule has 10 aromatic carbocycles. The Hall–Kier alpha value is -8.53. The van der Waals surface area contributed by atoms with Crippen LogP contribution in [0, 0.1) is 0 Å². The molecule has 1 aliphatic heterocycles. The van der Waals surface area contributed by atoms with Crippen molar-refractivity contribution >= 4 is 21.5 Å². The first kappa shape index (κ1) is 37.1. The molecule has 0 spiro atoms. The highest BCUT2D eigenvalue weighted by Crippen LogP contribution is 2.60. The van der Waals surface area contributed by atoms with Gasteiger partial charge in [0.1, 0.15) is 0 Å². The molecule has 2 heterocycles. The standard InChI is InChI=1S/C62H39NO2/c1-4-16-42(17-5-1)56-36-46(44-33-34-50-45(35-44)32-29-40-15-10-11-22-49(40)50)37-57(63-56)43-30-27-41(28-31-43)51-24-14-26-58-61(51)65-60-39-55-53(38-59(60)64-58)52-23-12-13-25-54(52)62(55,47-18-6-2-7-19-47)48-20-8-3-9-21-48/h1-39H. The molecule has 0 atom stereocenters. The van der Waals surface area contributed by atoms with Gasteiger partial charge in [0.2, 0.25) is 0 Å². The van der Waals surface area contributed by atoms with Crippen molar-refractivity contribution < 1.29 is 9.47 Å². The Balaban J connectivity index is 0.886. The number of ether oxygens (including phenoxy) is 2. The molecule has 0 bridgehead atoms. The number of pyridine rings is 1. The molecule has 1 aliphatic carbocycles. The first-order valence-corrected chi connectivity index (χ1v) is 22.2. The molecular formula is C62H39NO2. The third kappa shape index (κ3) is 5.93. The van der Waals surface area contributed by atoms with E-state index in [9.17, 15) is 0 Å². The number of hydrogen-bond donors (Lipinski definition) is 0. The SMILES string of the molecule is c1ccc(-c2cc(-c3ccc4c(ccc5ccccc54)c3)cc(-c3ccc(-c4cccc5c4Oc4cc6c(cc4O5)-c4ccccc4C6(c4ccccc4)c4ccccc4)cc3)n2)cc1. The number of nitrogens with zero attached hydrogens (tertiary/aromatic N) is 1. The van der Waals surface area contributed by atoms with Crippen LogP contribution in [0.5, 0.6) is 23.0 Å². The molecule has 0 fully saturated rings. The smallest absolute Gasteiger partial charge is 0.177 e. The molecule has 0 N–H and O–H groups in total. The van der Waals surface area contributed by atoms with Gasteiger partial charge in [0.25, 0.3) is 0 Å². The quantitative estimate of drug-likeness (QED) is 0.156. The summed E-state index contributed by atoms with van der Waals surface area (Å²) >= 11 is 0. The maximum Gasteiger partial charge on any atom is 0.177 e. The van der Waals surface area contributed by atoms with Gasteiger partial charge >= 0.3 is 0 Å². The Morgan fingerprint density at radius 1 is 0.308 bits per heavy atom. The topological polar surface area (TPSA) is 31.4 Å². The molecule has 304 valence electrons. The molecule has 0 radical (unpaired) electrons. The van der Waals surface area contributed by atoms with Crippen LogP contribution in [0.3, 0.4) is 0 Å². The molecule has 2 aliphatic rings. The zero-order chi connectivity index (χ0) is 42.9. The van der Waals surface area contributed by atoms with Crippen LogP contribution in [0.15, 0.2) is 237 Å². The Morgan fingerprint density at radius 2 is 0.892 bits per heavy atom. The Bertz CT molecular complexity index is 3600. The van der Waals surface area contributed by atoms with Crippen LogP contribution in [-0.2, 0) is 5.41 Å². The fourth-order valence-corrected chi connectivity index (χ4v) is 10.4. The van der Waals surface area contributed by atoms with Crippen LogP contribution in [0.4, 0.5) is 0 Å². The number of para-hydroxylation sites is 1. The van der Waals surface area contributed by atoms with E-state index in [1.54, 1.807) is 0 Å². The summed E-state index contributed by atoms with van der Waals surface area (Å²) in [7, 11) is 0. The summed E-state index contributed by atoms with van der Waals surface area (Å²) < 4.78 is 13.8. The molecule has 0 unspecified atom stereocenters. The number of hydrogen-bond acceptors (Lipinski definition) is 3. The number of aromatic nitrogens is 1. The van der Waals surface area contributed by atoms with Crippen molar-refractivity contribution in [3.63, 3.8) is 0 Å². The lowest BCUT2D eigenvalue weighted by atomic mass is 9.67. The van der Waals surface area contributed by atoms with Crippen molar-refractivity contribution in [2.45, 2.75) is 5.41 Å². The maximum absolute atomic E-state index is 7.01. The fraction of sp³-hybridized carbons (Fsp3) is 0.0161. The van der Waals surface area contributed by atoms with Crippen LogP contribution in [0.25, 0.3) is 77.4 Å². The van der Waals surface area contributed by atoms with Crippen molar-refractivity contribution in [3.05, 3.63) is 259 Å². The van der Waals surface area contributed by atoms with Gasteiger partial charge in [0, 0.05) is 16.7 Å². The highest BCUT2D eigenvalue weighted by molar-refractivity contribution is 6.08. The molecule has 11 aromatic rings. The van der Waals surface area contributed by atoms with Crippen molar-refractivity contribution in [2.75, 3.05) is 0 Å². The minimum atomic E-state index is -0.544. The van der Waals surface area contributed by atoms with Gasteiger partial charge < -0.3 is 9.47 Å². The Kier molecular flexibility index (Phi) is 8.44. The van der Waals surface area contributed by atoms with Gasteiger partial charge in [-0.3, -0.25) is 0 Å². The van der Waals surface area contributed by atoms with E-state index >= 15 is 0 Å². The molecule has 3 nitrogen and oxygen atoms in total. The molecule has 0 amide bonds. The summed E-state index contributed by atoms with van der Waals surface area (Å²) in [6.45, 7) is 0. The molecule has 3 heteroatoms. The highest BCUT2D eigenvalue weighted by Gasteiger charge is 2.47. The van der Waals surface area contributed by atoms with Crippen LogP contribution < -0.4 is 9.47 Å². The largest absolute Gasteiger partial charge is 0.449 e. The molecule has 1 aromatic heterocycles. The first-order valence-electron chi connectivity index (χ1n) is 22.2. The average molecular weight is 830 g/mol. The highest BCUT2D eigenvalue weighted by atomic mass is 16.6. The average Bonchev–Trinajstić information content (AvgIpc) is 3.67. The third-order valence-corrected chi connectivity index (χ3v) is 13.4. The summed E-state index contributed by atoms with van der Waals surface area (Å²) in [6.07, 6.45) is 0. The minimum absolute atomic E-state index is 0.544. The van der Waals surface area contributed by atoms with E-state index in [1.165, 1.54) is 49.4 Å². The van der Waals surface area contributed by atoms with E-state index in [0.29, 0.717) is 23.0 Å². The lowest BCUT2D eigenvalue weighted by Crippen LogP contribution is -2.28. The molecule has 65 heavy (non-hydrogen) atoms. The van der Waals surface area contributed by atoms with E-state index < -0.39 is 5.41 Å². The minimum Gasteiger partial charge on any atom is -0.449 e. The first-order chi connectivity index (χ1) is 32.2. The monoisotopic (exact) mass is 829 g/mol. The number of rotatable bonds is 6. The van der Waals surface area contributed by atoms with Gasteiger partial charge in [-0.15, -0.1) is 0 Å². The molecular weight excluding hydrogens is 791 g/mol. The van der Waals surface area contributed by atoms with Gasteiger partial charge in [0.05, 0.1) is 16.8 Å². The molecule has 0 saturated heterocycles. The van der Waals surface area contributed by atoms with Crippen molar-refractivity contribution in [2.24, 2.45) is 0 Å². The lowest BCUT2D eigenvalue weighted by molar-refractivity contribution is 0.360.